The first-order chi connectivity index (χ1) is 11.7. The molecule has 2 rings (SSSR count). The summed E-state index contributed by atoms with van der Waals surface area (Å²) in [6.45, 7) is -1.41. The SMILES string of the molecule is O=C(CNC(=O)C1(c2ccc(F)cc2)CCOCC1)NCC(F)(F)F. The van der Waals surface area contributed by atoms with Gasteiger partial charge in [-0.05, 0) is 30.5 Å². The molecule has 0 spiro atoms. The molecule has 0 saturated carbocycles. The minimum Gasteiger partial charge on any atom is -0.381 e. The van der Waals surface area contributed by atoms with Gasteiger partial charge < -0.3 is 15.4 Å². The van der Waals surface area contributed by atoms with Crippen molar-refractivity contribution in [3.63, 3.8) is 0 Å². The highest BCUT2D eigenvalue weighted by Gasteiger charge is 2.41. The third kappa shape index (κ3) is 5.15. The Kier molecular flexibility index (Phi) is 5.99. The van der Waals surface area contributed by atoms with Crippen molar-refractivity contribution in [1.82, 2.24) is 10.6 Å². The predicted octanol–water partition coefficient (Wildman–Crippen LogP) is 1.67. The fourth-order valence-electron chi connectivity index (χ4n) is 2.73. The molecular formula is C16H18F4N2O3. The van der Waals surface area contributed by atoms with Gasteiger partial charge in [0.05, 0.1) is 12.0 Å². The minimum absolute atomic E-state index is 0.311. The van der Waals surface area contributed by atoms with Gasteiger partial charge in [0.1, 0.15) is 12.4 Å². The van der Waals surface area contributed by atoms with Gasteiger partial charge in [-0.25, -0.2) is 4.39 Å². The van der Waals surface area contributed by atoms with Crippen LogP contribution in [0, 0.1) is 5.82 Å². The van der Waals surface area contributed by atoms with Crippen molar-refractivity contribution in [1.29, 1.82) is 0 Å². The lowest BCUT2D eigenvalue weighted by Crippen LogP contribution is -2.50. The zero-order valence-electron chi connectivity index (χ0n) is 13.3. The van der Waals surface area contributed by atoms with Gasteiger partial charge in [0, 0.05) is 13.2 Å². The van der Waals surface area contributed by atoms with E-state index >= 15 is 0 Å². The van der Waals surface area contributed by atoms with Crippen molar-refractivity contribution in [2.75, 3.05) is 26.3 Å². The number of rotatable bonds is 5. The zero-order valence-corrected chi connectivity index (χ0v) is 13.3. The summed E-state index contributed by atoms with van der Waals surface area (Å²) in [6, 6.07) is 5.44. The quantitative estimate of drug-likeness (QED) is 0.783. The van der Waals surface area contributed by atoms with Crippen LogP contribution < -0.4 is 10.6 Å². The lowest BCUT2D eigenvalue weighted by molar-refractivity contribution is -0.139. The molecule has 1 saturated heterocycles. The van der Waals surface area contributed by atoms with Gasteiger partial charge >= 0.3 is 6.18 Å². The second-order valence-electron chi connectivity index (χ2n) is 5.78. The Morgan fingerprint density at radius 3 is 2.24 bits per heavy atom. The van der Waals surface area contributed by atoms with Gasteiger partial charge in [-0.2, -0.15) is 13.2 Å². The molecule has 2 amide bonds. The number of hydrogen-bond donors (Lipinski definition) is 2. The van der Waals surface area contributed by atoms with E-state index in [1.165, 1.54) is 24.3 Å². The van der Waals surface area contributed by atoms with Gasteiger partial charge in [-0.1, -0.05) is 12.1 Å². The molecule has 0 unspecified atom stereocenters. The number of alkyl halides is 3. The monoisotopic (exact) mass is 362 g/mol. The number of halogens is 4. The molecule has 1 fully saturated rings. The van der Waals surface area contributed by atoms with E-state index in [-0.39, 0.29) is 0 Å². The molecule has 25 heavy (non-hydrogen) atoms. The summed E-state index contributed by atoms with van der Waals surface area (Å²) in [4.78, 5) is 24.1. The number of carbonyl (C=O) groups is 2. The van der Waals surface area contributed by atoms with E-state index in [0.717, 1.165) is 0 Å². The minimum atomic E-state index is -4.52. The van der Waals surface area contributed by atoms with Crippen molar-refractivity contribution in [2.45, 2.75) is 24.4 Å². The van der Waals surface area contributed by atoms with Crippen LogP contribution in [0.1, 0.15) is 18.4 Å². The van der Waals surface area contributed by atoms with Gasteiger partial charge in [0.15, 0.2) is 0 Å². The lowest BCUT2D eigenvalue weighted by atomic mass is 9.73. The number of carbonyl (C=O) groups excluding carboxylic acids is 2. The number of ether oxygens (including phenoxy) is 1. The molecule has 1 aliphatic heterocycles. The normalized spacial score (nSPS) is 17.0. The highest BCUT2D eigenvalue weighted by Crippen LogP contribution is 2.35. The Balaban J connectivity index is 2.04. The van der Waals surface area contributed by atoms with E-state index in [9.17, 15) is 27.2 Å². The first-order valence-corrected chi connectivity index (χ1v) is 7.68. The van der Waals surface area contributed by atoms with Gasteiger partial charge in [0.2, 0.25) is 11.8 Å². The fourth-order valence-corrected chi connectivity index (χ4v) is 2.73. The van der Waals surface area contributed by atoms with Crippen LogP contribution in [0.3, 0.4) is 0 Å². The fraction of sp³-hybridized carbons (Fsp3) is 0.500. The first-order valence-electron chi connectivity index (χ1n) is 7.68. The van der Waals surface area contributed by atoms with Crippen LogP contribution in [-0.4, -0.2) is 44.3 Å². The van der Waals surface area contributed by atoms with Crippen LogP contribution in [0.2, 0.25) is 0 Å². The van der Waals surface area contributed by atoms with E-state index in [2.05, 4.69) is 5.32 Å². The van der Waals surface area contributed by atoms with Crippen LogP contribution in [0.25, 0.3) is 0 Å². The molecule has 1 aromatic rings. The van der Waals surface area contributed by atoms with Crippen LogP contribution in [0.15, 0.2) is 24.3 Å². The highest BCUT2D eigenvalue weighted by atomic mass is 19.4. The summed E-state index contributed by atoms with van der Waals surface area (Å²) < 4.78 is 54.6. The largest absolute Gasteiger partial charge is 0.405 e. The van der Waals surface area contributed by atoms with Gasteiger partial charge in [-0.3, -0.25) is 9.59 Å². The number of benzene rings is 1. The van der Waals surface area contributed by atoms with E-state index in [0.29, 0.717) is 31.6 Å². The maximum Gasteiger partial charge on any atom is 0.405 e. The van der Waals surface area contributed by atoms with Gasteiger partial charge in [-0.15, -0.1) is 0 Å². The van der Waals surface area contributed by atoms with Crippen LogP contribution >= 0.6 is 0 Å². The average Bonchev–Trinajstić information content (AvgIpc) is 2.58. The molecule has 0 aromatic heterocycles. The van der Waals surface area contributed by atoms with Crippen molar-refractivity contribution >= 4 is 11.8 Å². The maximum absolute atomic E-state index is 13.1. The molecule has 138 valence electrons. The van der Waals surface area contributed by atoms with E-state index in [1.807, 2.05) is 0 Å². The number of amides is 2. The molecule has 2 N–H and O–H groups in total. The Labute approximate surface area is 141 Å². The summed E-state index contributed by atoms with van der Waals surface area (Å²) >= 11 is 0. The third-order valence-corrected chi connectivity index (χ3v) is 4.07. The molecule has 1 heterocycles. The van der Waals surface area contributed by atoms with Crippen LogP contribution in [0.4, 0.5) is 17.6 Å². The van der Waals surface area contributed by atoms with Crippen molar-refractivity contribution in [2.24, 2.45) is 0 Å². The van der Waals surface area contributed by atoms with E-state index in [4.69, 9.17) is 4.74 Å². The number of hydrogen-bond acceptors (Lipinski definition) is 3. The topological polar surface area (TPSA) is 67.4 Å². The standard InChI is InChI=1S/C16H18F4N2O3/c17-12-3-1-11(2-4-12)15(5-7-25-8-6-15)14(24)21-9-13(23)22-10-16(18,19)20/h1-4H,5-10H2,(H,21,24)(H,22,23). The molecule has 0 bridgehead atoms. The average molecular weight is 362 g/mol. The molecule has 1 aromatic carbocycles. The molecule has 1 aliphatic rings. The van der Waals surface area contributed by atoms with Crippen LogP contribution in [-0.2, 0) is 19.7 Å². The third-order valence-electron chi connectivity index (χ3n) is 4.07. The van der Waals surface area contributed by atoms with Crippen molar-refractivity contribution in [3.8, 4) is 0 Å². The lowest BCUT2D eigenvalue weighted by Gasteiger charge is -2.36. The second-order valence-corrected chi connectivity index (χ2v) is 5.78. The molecule has 5 nitrogen and oxygen atoms in total. The van der Waals surface area contributed by atoms with E-state index < -0.39 is 42.3 Å². The Bertz CT molecular complexity index is 611. The molecule has 9 heteroatoms. The summed E-state index contributed by atoms with van der Waals surface area (Å²) in [5.41, 5.74) is -0.429. The maximum atomic E-state index is 13.1. The van der Waals surface area contributed by atoms with Crippen LogP contribution in [0.5, 0.6) is 0 Å². The van der Waals surface area contributed by atoms with E-state index in [1.54, 1.807) is 5.32 Å². The Morgan fingerprint density at radius 2 is 1.68 bits per heavy atom. The molecule has 0 radical (unpaired) electrons. The highest BCUT2D eigenvalue weighted by molar-refractivity contribution is 5.91. The Morgan fingerprint density at radius 1 is 1.08 bits per heavy atom. The second kappa shape index (κ2) is 7.81. The molecule has 0 atom stereocenters. The predicted molar refractivity (Wildman–Crippen MR) is 80.2 cm³/mol. The zero-order chi connectivity index (χ0) is 18.5. The summed E-state index contributed by atoms with van der Waals surface area (Å²) in [7, 11) is 0. The Hall–Kier alpha value is -2.16. The van der Waals surface area contributed by atoms with Gasteiger partial charge in [0.25, 0.3) is 0 Å². The summed E-state index contributed by atoms with van der Waals surface area (Å²) in [5.74, 6) is -1.88. The summed E-state index contributed by atoms with van der Waals surface area (Å²) in [5, 5.41) is 4.06. The molecular weight excluding hydrogens is 344 g/mol. The van der Waals surface area contributed by atoms with Crippen molar-refractivity contribution in [3.05, 3.63) is 35.6 Å². The summed E-state index contributed by atoms with van der Waals surface area (Å²) in [6.07, 6.45) is -3.86. The van der Waals surface area contributed by atoms with Crippen molar-refractivity contribution < 1.29 is 31.9 Å². The molecule has 0 aliphatic carbocycles. The number of nitrogens with one attached hydrogen (secondary N) is 2. The smallest absolute Gasteiger partial charge is 0.381 e. The first kappa shape index (κ1) is 19.2.